The lowest BCUT2D eigenvalue weighted by Gasteiger charge is -2.23. The molecule has 0 radical (unpaired) electrons. The van der Waals surface area contributed by atoms with Gasteiger partial charge in [0.1, 0.15) is 0 Å². The van der Waals surface area contributed by atoms with Gasteiger partial charge in [-0.2, -0.15) is 0 Å². The first-order valence-electron chi connectivity index (χ1n) is 20.7. The van der Waals surface area contributed by atoms with Crippen molar-refractivity contribution in [1.29, 1.82) is 0 Å². The van der Waals surface area contributed by atoms with E-state index in [9.17, 15) is 0 Å². The highest BCUT2D eigenvalue weighted by atomic mass is 15.5. The number of nitrogens with zero attached hydrogens (tertiary/aromatic N) is 1. The lowest BCUT2D eigenvalue weighted by molar-refractivity contribution is 0.179. The predicted molar refractivity (Wildman–Crippen MR) is 201 cm³/mol. The Morgan fingerprint density at radius 1 is 0.341 bits per heavy atom. The minimum atomic E-state index is 0.724. The molecule has 0 unspecified atom stereocenters. The van der Waals surface area contributed by atoms with Gasteiger partial charge in [-0.1, -0.05) is 206 Å². The number of hydrogen-bond donors (Lipinski definition) is 3. The average Bonchev–Trinajstić information content (AvgIpc) is 3.03. The molecule has 0 aromatic rings. The van der Waals surface area contributed by atoms with Crippen molar-refractivity contribution < 1.29 is 0 Å². The summed E-state index contributed by atoms with van der Waals surface area (Å²) < 4.78 is 0. The fourth-order valence-corrected chi connectivity index (χ4v) is 6.50. The van der Waals surface area contributed by atoms with Gasteiger partial charge >= 0.3 is 0 Å². The zero-order chi connectivity index (χ0) is 31.9. The molecule has 0 aliphatic carbocycles. The summed E-state index contributed by atoms with van der Waals surface area (Å²) in [4.78, 5) is 0. The molecule has 0 spiro atoms. The molecule has 4 heteroatoms. The SMILES string of the molecule is CCCCCCCCCCCCCCCCCCN(CCCCCCCCCCCCCCCCCC)NCCNCCN. The molecule has 0 aromatic carbocycles. The minimum Gasteiger partial charge on any atom is -0.329 e. The van der Waals surface area contributed by atoms with Crippen molar-refractivity contribution >= 4 is 0 Å². The van der Waals surface area contributed by atoms with E-state index in [1.807, 2.05) is 0 Å². The third kappa shape index (κ3) is 38.0. The normalized spacial score (nSPS) is 11.7. The van der Waals surface area contributed by atoms with E-state index in [0.29, 0.717) is 0 Å². The highest BCUT2D eigenvalue weighted by Crippen LogP contribution is 2.15. The van der Waals surface area contributed by atoms with Gasteiger partial charge in [-0.25, -0.2) is 5.01 Å². The minimum absolute atomic E-state index is 0.724. The van der Waals surface area contributed by atoms with E-state index in [1.54, 1.807) is 0 Å². The van der Waals surface area contributed by atoms with E-state index < -0.39 is 0 Å². The lowest BCUT2D eigenvalue weighted by atomic mass is 10.0. The number of hydrazine groups is 1. The molecule has 4 N–H and O–H groups in total. The maximum atomic E-state index is 5.63. The van der Waals surface area contributed by atoms with Crippen LogP contribution in [0.1, 0.15) is 219 Å². The second kappa shape index (κ2) is 40.9. The van der Waals surface area contributed by atoms with Gasteiger partial charge in [0.05, 0.1) is 0 Å². The first-order chi connectivity index (χ1) is 21.8. The molecule has 0 rings (SSSR count). The molecule has 0 saturated carbocycles. The number of rotatable bonds is 40. The molecule has 0 heterocycles. The van der Waals surface area contributed by atoms with E-state index in [-0.39, 0.29) is 0 Å². The van der Waals surface area contributed by atoms with Crippen LogP contribution in [0.5, 0.6) is 0 Å². The first kappa shape index (κ1) is 43.8. The number of unbranched alkanes of at least 4 members (excludes halogenated alkanes) is 30. The van der Waals surface area contributed by atoms with E-state index in [0.717, 1.165) is 26.2 Å². The largest absolute Gasteiger partial charge is 0.329 e. The Balaban J connectivity index is 3.66. The van der Waals surface area contributed by atoms with Crippen molar-refractivity contribution in [2.75, 3.05) is 39.3 Å². The van der Waals surface area contributed by atoms with Crippen LogP contribution in [0.25, 0.3) is 0 Å². The molecule has 0 aromatic heterocycles. The Hall–Kier alpha value is -0.160. The molecule has 0 fully saturated rings. The molecule has 44 heavy (non-hydrogen) atoms. The smallest absolute Gasteiger partial charge is 0.0227 e. The summed E-state index contributed by atoms with van der Waals surface area (Å²) >= 11 is 0. The van der Waals surface area contributed by atoms with Crippen molar-refractivity contribution in [3.05, 3.63) is 0 Å². The second-order valence-electron chi connectivity index (χ2n) is 14.0. The van der Waals surface area contributed by atoms with Crippen LogP contribution in [0.4, 0.5) is 0 Å². The molecule has 0 aliphatic rings. The highest BCUT2D eigenvalue weighted by Gasteiger charge is 2.04. The van der Waals surface area contributed by atoms with Gasteiger partial charge in [-0.05, 0) is 12.8 Å². The third-order valence-corrected chi connectivity index (χ3v) is 9.52. The quantitative estimate of drug-likeness (QED) is 0.0470. The van der Waals surface area contributed by atoms with E-state index in [1.165, 1.54) is 219 Å². The molecule has 0 amide bonds. The Morgan fingerprint density at radius 3 is 0.886 bits per heavy atom. The van der Waals surface area contributed by atoms with Crippen molar-refractivity contribution in [1.82, 2.24) is 15.8 Å². The molecule has 4 nitrogen and oxygen atoms in total. The second-order valence-corrected chi connectivity index (χ2v) is 14.0. The molecular weight excluding hydrogens is 536 g/mol. The van der Waals surface area contributed by atoms with Gasteiger partial charge in [0.15, 0.2) is 0 Å². The molecule has 0 saturated heterocycles. The number of hydrogen-bond acceptors (Lipinski definition) is 4. The fourth-order valence-electron chi connectivity index (χ4n) is 6.50. The Morgan fingerprint density at radius 2 is 0.614 bits per heavy atom. The van der Waals surface area contributed by atoms with E-state index in [2.05, 4.69) is 29.6 Å². The standard InChI is InChI=1S/C40H86N4/c1-3-5-7-9-11-13-15-17-19-21-23-25-27-29-31-33-39-44(43-38-37-42-36-35-41)40-34-32-30-28-26-24-22-20-18-16-14-12-10-8-6-4-2/h42-43H,3-41H2,1-2H3. The maximum Gasteiger partial charge on any atom is 0.0227 e. The van der Waals surface area contributed by atoms with E-state index >= 15 is 0 Å². The summed E-state index contributed by atoms with van der Waals surface area (Å²) in [5, 5.41) is 5.95. The third-order valence-electron chi connectivity index (χ3n) is 9.52. The van der Waals surface area contributed by atoms with E-state index in [4.69, 9.17) is 5.73 Å². The van der Waals surface area contributed by atoms with Crippen molar-refractivity contribution in [3.8, 4) is 0 Å². The van der Waals surface area contributed by atoms with Crippen LogP contribution in [0.15, 0.2) is 0 Å². The Kier molecular flexibility index (Phi) is 40.7. The van der Waals surface area contributed by atoms with Crippen LogP contribution in [0.2, 0.25) is 0 Å². The Bertz CT molecular complexity index is 450. The van der Waals surface area contributed by atoms with Crippen LogP contribution >= 0.6 is 0 Å². The predicted octanol–water partition coefficient (Wildman–Crippen LogP) is 11.9. The Labute approximate surface area is 279 Å². The van der Waals surface area contributed by atoms with Gasteiger partial charge < -0.3 is 11.1 Å². The number of nitrogens with one attached hydrogen (secondary N) is 2. The average molecular weight is 623 g/mol. The maximum absolute atomic E-state index is 5.63. The van der Waals surface area contributed by atoms with Crippen molar-refractivity contribution in [2.45, 2.75) is 219 Å². The highest BCUT2D eigenvalue weighted by molar-refractivity contribution is 4.58. The van der Waals surface area contributed by atoms with Gasteiger partial charge in [0.2, 0.25) is 0 Å². The van der Waals surface area contributed by atoms with Crippen LogP contribution in [0.3, 0.4) is 0 Å². The number of nitrogens with two attached hydrogens (primary N) is 1. The molecule has 0 bridgehead atoms. The van der Waals surface area contributed by atoms with Crippen molar-refractivity contribution in [3.63, 3.8) is 0 Å². The summed E-state index contributed by atoms with van der Waals surface area (Å²) in [6.07, 6.45) is 46.0. The molecule has 266 valence electrons. The lowest BCUT2D eigenvalue weighted by Crippen LogP contribution is -2.43. The van der Waals surface area contributed by atoms with Crippen LogP contribution in [0, 0.1) is 0 Å². The molecule has 0 atom stereocenters. The molecular formula is C40H86N4. The van der Waals surface area contributed by atoms with Gasteiger partial charge in [-0.3, -0.25) is 5.43 Å². The van der Waals surface area contributed by atoms with Gasteiger partial charge in [0, 0.05) is 39.3 Å². The monoisotopic (exact) mass is 623 g/mol. The van der Waals surface area contributed by atoms with Crippen LogP contribution in [-0.4, -0.2) is 44.3 Å². The molecule has 0 aliphatic heterocycles. The van der Waals surface area contributed by atoms with Gasteiger partial charge in [-0.15, -0.1) is 0 Å². The summed E-state index contributed by atoms with van der Waals surface area (Å²) in [6.45, 7) is 10.7. The summed E-state index contributed by atoms with van der Waals surface area (Å²) in [6, 6.07) is 0. The summed E-state index contributed by atoms with van der Waals surface area (Å²) in [5.74, 6) is 0. The fraction of sp³-hybridized carbons (Fsp3) is 1.00. The van der Waals surface area contributed by atoms with Crippen LogP contribution in [-0.2, 0) is 0 Å². The zero-order valence-electron chi connectivity index (χ0n) is 30.9. The summed E-state index contributed by atoms with van der Waals surface area (Å²) in [5.41, 5.74) is 9.34. The van der Waals surface area contributed by atoms with Crippen molar-refractivity contribution in [2.24, 2.45) is 5.73 Å². The van der Waals surface area contributed by atoms with Gasteiger partial charge in [0.25, 0.3) is 0 Å². The van der Waals surface area contributed by atoms with Crippen LogP contribution < -0.4 is 16.5 Å². The summed E-state index contributed by atoms with van der Waals surface area (Å²) in [7, 11) is 0. The first-order valence-corrected chi connectivity index (χ1v) is 20.7. The topological polar surface area (TPSA) is 53.3 Å². The zero-order valence-corrected chi connectivity index (χ0v) is 30.9.